The number of methoxy groups -OCH3 is 1. The van der Waals surface area contributed by atoms with Gasteiger partial charge in [-0.15, -0.1) is 4.72 Å². The summed E-state index contributed by atoms with van der Waals surface area (Å²) in [4.78, 5) is 2.28. The minimum absolute atomic E-state index is 0.336. The number of furan rings is 1. The molecule has 6 nitrogen and oxygen atoms in total. The van der Waals surface area contributed by atoms with Crippen molar-refractivity contribution in [3.05, 3.63) is 47.4 Å². The Labute approximate surface area is 170 Å². The van der Waals surface area contributed by atoms with Crippen molar-refractivity contribution in [3.63, 3.8) is 0 Å². The fraction of sp³-hybridized carbons (Fsp3) is 0.524. The molecule has 2 atom stereocenters. The van der Waals surface area contributed by atoms with E-state index in [1.165, 1.54) is 0 Å². The maximum absolute atomic E-state index is 12.9. The van der Waals surface area contributed by atoms with Crippen LogP contribution in [0.2, 0.25) is 0 Å². The third-order valence-corrected chi connectivity index (χ3v) is 6.29. The second kappa shape index (κ2) is 8.78. The van der Waals surface area contributed by atoms with Gasteiger partial charge in [0.05, 0.1) is 20.3 Å². The van der Waals surface area contributed by atoms with Crippen LogP contribution in [0.3, 0.4) is 0 Å². The van der Waals surface area contributed by atoms with Gasteiger partial charge in [-0.3, -0.25) is 0 Å². The highest BCUT2D eigenvalue weighted by Gasteiger charge is 2.33. The van der Waals surface area contributed by atoms with Crippen molar-refractivity contribution in [2.75, 3.05) is 38.3 Å². The summed E-state index contributed by atoms with van der Waals surface area (Å²) in [7, 11) is 1.67. The lowest BCUT2D eigenvalue weighted by atomic mass is 10.0. The van der Waals surface area contributed by atoms with Gasteiger partial charge in [-0.05, 0) is 45.9 Å². The molecular weight excluding hydrogens is 376 g/mol. The number of hydrogen-bond donors (Lipinski definition) is 1. The van der Waals surface area contributed by atoms with Crippen LogP contribution in [-0.4, -0.2) is 42.7 Å². The molecule has 1 saturated heterocycles. The molecule has 1 aromatic carbocycles. The van der Waals surface area contributed by atoms with Crippen LogP contribution in [0, 0.1) is 6.92 Å². The summed E-state index contributed by atoms with van der Waals surface area (Å²) in [6, 6.07) is 9.54. The fourth-order valence-electron chi connectivity index (χ4n) is 3.14. The van der Waals surface area contributed by atoms with Crippen molar-refractivity contribution < 1.29 is 18.4 Å². The first-order valence-corrected chi connectivity index (χ1v) is 10.7. The van der Waals surface area contributed by atoms with Crippen LogP contribution in [0.1, 0.15) is 43.9 Å². The van der Waals surface area contributed by atoms with E-state index in [0.717, 1.165) is 41.6 Å². The Hall–Kier alpha value is -1.67. The van der Waals surface area contributed by atoms with Crippen LogP contribution < -0.4 is 14.4 Å². The standard InChI is InChI=1S/C21H30N2O4S/c1-15-6-9-19(27-15)20(22-28(24)21(2,3)4)17-8-7-16(25-5)14-18(17)23-10-12-26-13-11-23/h6-9,14,20,22H,10-13H2,1-5H3. The Balaban J connectivity index is 2.05. The Morgan fingerprint density at radius 2 is 1.89 bits per heavy atom. The molecule has 0 saturated carbocycles. The Morgan fingerprint density at radius 1 is 1.18 bits per heavy atom. The highest BCUT2D eigenvalue weighted by molar-refractivity contribution is 7.90. The van der Waals surface area contributed by atoms with E-state index in [0.29, 0.717) is 13.2 Å². The van der Waals surface area contributed by atoms with E-state index in [9.17, 15) is 4.55 Å². The Bertz CT molecular complexity index is 781. The van der Waals surface area contributed by atoms with Crippen LogP contribution in [-0.2, 0) is 16.1 Å². The van der Waals surface area contributed by atoms with Gasteiger partial charge in [-0.2, -0.15) is 0 Å². The van der Waals surface area contributed by atoms with Gasteiger partial charge in [0.2, 0.25) is 0 Å². The van der Waals surface area contributed by atoms with Gasteiger partial charge in [0.1, 0.15) is 28.1 Å². The normalized spacial score (nSPS) is 17.4. The predicted molar refractivity (Wildman–Crippen MR) is 112 cm³/mol. The molecule has 0 radical (unpaired) electrons. The van der Waals surface area contributed by atoms with Crippen LogP contribution in [0.4, 0.5) is 5.69 Å². The third-order valence-electron chi connectivity index (χ3n) is 4.73. The lowest BCUT2D eigenvalue weighted by Crippen LogP contribution is -2.42. The maximum atomic E-state index is 12.9. The van der Waals surface area contributed by atoms with Crippen molar-refractivity contribution in [2.45, 2.75) is 38.5 Å². The first-order valence-electron chi connectivity index (χ1n) is 9.54. The van der Waals surface area contributed by atoms with Crippen molar-refractivity contribution in [3.8, 4) is 5.75 Å². The average Bonchev–Trinajstić information content (AvgIpc) is 3.11. The molecule has 28 heavy (non-hydrogen) atoms. The Kier molecular flexibility index (Phi) is 6.60. The maximum Gasteiger partial charge on any atom is 0.137 e. The molecule has 154 valence electrons. The summed E-state index contributed by atoms with van der Waals surface area (Å²) in [6.07, 6.45) is 0. The number of ether oxygens (including phenoxy) is 2. The minimum atomic E-state index is -1.26. The average molecular weight is 407 g/mol. The first-order chi connectivity index (χ1) is 13.3. The zero-order valence-corrected chi connectivity index (χ0v) is 18.1. The number of nitrogens with zero attached hydrogens (tertiary/aromatic N) is 1. The van der Waals surface area contributed by atoms with Crippen LogP contribution in [0.25, 0.3) is 0 Å². The molecular formula is C21H30N2O4S. The van der Waals surface area contributed by atoms with Gasteiger partial charge in [0.15, 0.2) is 0 Å². The van der Waals surface area contributed by atoms with E-state index in [1.807, 2.05) is 58.0 Å². The molecule has 1 aromatic heterocycles. The molecule has 3 rings (SSSR count). The summed E-state index contributed by atoms with van der Waals surface area (Å²) in [5, 5.41) is 0. The minimum Gasteiger partial charge on any atom is -0.598 e. The zero-order valence-electron chi connectivity index (χ0n) is 17.3. The fourth-order valence-corrected chi connectivity index (χ4v) is 3.95. The first kappa shape index (κ1) is 21.0. The lowest BCUT2D eigenvalue weighted by molar-refractivity contribution is 0.122. The van der Waals surface area contributed by atoms with E-state index >= 15 is 0 Å². The SMILES string of the molecule is COc1ccc(C(N[S+]([O-])C(C)(C)C)c2ccc(C)o2)c(N2CCOCC2)c1. The van der Waals surface area contributed by atoms with Gasteiger partial charge < -0.3 is 23.3 Å². The van der Waals surface area contributed by atoms with Crippen LogP contribution in [0.5, 0.6) is 5.75 Å². The van der Waals surface area contributed by atoms with E-state index in [1.54, 1.807) is 7.11 Å². The lowest BCUT2D eigenvalue weighted by Gasteiger charge is -2.33. The number of morpholine rings is 1. The van der Waals surface area contributed by atoms with Gasteiger partial charge in [0.25, 0.3) is 0 Å². The Morgan fingerprint density at radius 3 is 2.46 bits per heavy atom. The summed E-state index contributed by atoms with van der Waals surface area (Å²) < 4.78 is 32.8. The van der Waals surface area contributed by atoms with Crippen LogP contribution >= 0.6 is 0 Å². The number of rotatable bonds is 6. The van der Waals surface area contributed by atoms with E-state index < -0.39 is 16.1 Å². The molecule has 0 aliphatic carbocycles. The number of aryl methyl sites for hydroxylation is 1. The highest BCUT2D eigenvalue weighted by atomic mass is 32.2. The van der Waals surface area contributed by atoms with Crippen molar-refractivity contribution in [1.29, 1.82) is 0 Å². The van der Waals surface area contributed by atoms with E-state index in [4.69, 9.17) is 13.9 Å². The van der Waals surface area contributed by atoms with Gasteiger partial charge in [0, 0.05) is 41.8 Å². The predicted octanol–water partition coefficient (Wildman–Crippen LogP) is 3.57. The second-order valence-corrected chi connectivity index (χ2v) is 9.90. The number of benzene rings is 1. The third kappa shape index (κ3) is 4.84. The van der Waals surface area contributed by atoms with Crippen molar-refractivity contribution >= 4 is 17.0 Å². The highest BCUT2D eigenvalue weighted by Crippen LogP contribution is 2.36. The zero-order chi connectivity index (χ0) is 20.3. The van der Waals surface area contributed by atoms with Crippen molar-refractivity contribution in [2.24, 2.45) is 0 Å². The van der Waals surface area contributed by atoms with Crippen LogP contribution in [0.15, 0.2) is 34.7 Å². The number of hydrogen-bond acceptors (Lipinski definition) is 6. The molecule has 1 fully saturated rings. The molecule has 2 unspecified atom stereocenters. The summed E-state index contributed by atoms with van der Waals surface area (Å²) >= 11 is -1.26. The molecule has 1 N–H and O–H groups in total. The molecule has 2 heterocycles. The molecule has 0 spiro atoms. The van der Waals surface area contributed by atoms with E-state index in [2.05, 4.69) is 9.62 Å². The molecule has 0 amide bonds. The molecule has 1 aliphatic heterocycles. The number of nitrogens with one attached hydrogen (secondary N) is 1. The van der Waals surface area contributed by atoms with Gasteiger partial charge in [-0.1, -0.05) is 6.07 Å². The van der Waals surface area contributed by atoms with Gasteiger partial charge in [-0.25, -0.2) is 0 Å². The van der Waals surface area contributed by atoms with E-state index in [-0.39, 0.29) is 6.04 Å². The smallest absolute Gasteiger partial charge is 0.137 e. The molecule has 1 aliphatic rings. The quantitative estimate of drug-likeness (QED) is 0.740. The van der Waals surface area contributed by atoms with Crippen molar-refractivity contribution in [1.82, 2.24) is 4.72 Å². The molecule has 0 bridgehead atoms. The summed E-state index contributed by atoms with van der Waals surface area (Å²) in [5.41, 5.74) is 2.05. The molecule has 7 heteroatoms. The summed E-state index contributed by atoms with van der Waals surface area (Å²) in [5.74, 6) is 2.36. The largest absolute Gasteiger partial charge is 0.598 e. The topological polar surface area (TPSA) is 69.9 Å². The van der Waals surface area contributed by atoms with Gasteiger partial charge >= 0.3 is 0 Å². The summed E-state index contributed by atoms with van der Waals surface area (Å²) in [6.45, 7) is 10.7. The number of anilines is 1. The monoisotopic (exact) mass is 406 g/mol. The molecule has 2 aromatic rings. The second-order valence-electron chi connectivity index (χ2n) is 7.90.